The molecule has 20 heavy (non-hydrogen) atoms. The lowest BCUT2D eigenvalue weighted by molar-refractivity contribution is -0.177. The van der Waals surface area contributed by atoms with Crippen LogP contribution < -0.4 is 0 Å². The van der Waals surface area contributed by atoms with Crippen LogP contribution in [0, 0.1) is 0 Å². The van der Waals surface area contributed by atoms with E-state index in [9.17, 15) is 9.59 Å². The molecule has 108 valence electrons. The molecule has 0 aliphatic rings. The van der Waals surface area contributed by atoms with E-state index in [1.165, 1.54) is 19.4 Å². The Morgan fingerprint density at radius 3 is 1.95 bits per heavy atom. The first-order valence-electron chi connectivity index (χ1n) is 6.54. The minimum absolute atomic E-state index is 0.495. The molecule has 4 heteroatoms. The molecule has 0 bridgehead atoms. The molecule has 0 saturated heterocycles. The van der Waals surface area contributed by atoms with Crippen molar-refractivity contribution in [3.8, 4) is 0 Å². The molecular weight excluding hydrogens is 256 g/mol. The molecule has 4 nitrogen and oxygen atoms in total. The van der Waals surface area contributed by atoms with Crippen LogP contribution in [-0.4, -0.2) is 18.2 Å². The third-order valence-electron chi connectivity index (χ3n) is 2.70. The molecule has 0 fully saturated rings. The molecule has 0 amide bonds. The van der Waals surface area contributed by atoms with Crippen LogP contribution in [0.3, 0.4) is 0 Å². The molecule has 1 rings (SSSR count). The molecule has 0 spiro atoms. The van der Waals surface area contributed by atoms with Gasteiger partial charge in [-0.05, 0) is 30.5 Å². The van der Waals surface area contributed by atoms with Gasteiger partial charge in [0.05, 0.1) is 0 Å². The van der Waals surface area contributed by atoms with E-state index in [2.05, 4.69) is 6.92 Å². The summed E-state index contributed by atoms with van der Waals surface area (Å²) in [5.41, 5.74) is 2.86. The highest BCUT2D eigenvalue weighted by atomic mass is 16.7. The summed E-state index contributed by atoms with van der Waals surface area (Å²) in [5.74, 6) is -0.990. The van der Waals surface area contributed by atoms with Gasteiger partial charge in [0.25, 0.3) is 6.29 Å². The highest BCUT2D eigenvalue weighted by Gasteiger charge is 2.17. The number of aryl methyl sites for hydroxylation is 1. The molecule has 0 N–H and O–H groups in total. The smallest absolute Gasteiger partial charge is 0.305 e. The molecular formula is C16H20O4. The Morgan fingerprint density at radius 2 is 1.55 bits per heavy atom. The molecule has 0 unspecified atom stereocenters. The normalized spacial score (nSPS) is 11.3. The van der Waals surface area contributed by atoms with Gasteiger partial charge in [0.15, 0.2) is 0 Å². The second kappa shape index (κ2) is 7.48. The molecule has 0 heterocycles. The van der Waals surface area contributed by atoms with E-state index in [1.54, 1.807) is 6.92 Å². The van der Waals surface area contributed by atoms with Crippen LogP contribution >= 0.6 is 0 Å². The van der Waals surface area contributed by atoms with Crippen LogP contribution in [0.1, 0.15) is 38.8 Å². The molecule has 0 aliphatic carbocycles. The van der Waals surface area contributed by atoms with Crippen molar-refractivity contribution in [1.82, 2.24) is 0 Å². The Balaban J connectivity index is 2.90. The van der Waals surface area contributed by atoms with E-state index < -0.39 is 18.2 Å². The molecule has 0 aliphatic heterocycles. The highest BCUT2D eigenvalue weighted by Crippen LogP contribution is 2.15. The lowest BCUT2D eigenvalue weighted by Gasteiger charge is -2.17. The van der Waals surface area contributed by atoms with E-state index in [4.69, 9.17) is 9.47 Å². The quantitative estimate of drug-likeness (QED) is 0.612. The predicted octanol–water partition coefficient (Wildman–Crippen LogP) is 3.10. The largest absolute Gasteiger partial charge is 0.421 e. The number of carbonyl (C=O) groups excluding carboxylic acids is 2. The molecule has 0 atom stereocenters. The van der Waals surface area contributed by atoms with E-state index in [-0.39, 0.29) is 0 Å². The number of esters is 2. The fourth-order valence-corrected chi connectivity index (χ4v) is 1.69. The third-order valence-corrected chi connectivity index (χ3v) is 2.70. The topological polar surface area (TPSA) is 52.6 Å². The van der Waals surface area contributed by atoms with E-state index in [1.807, 2.05) is 30.3 Å². The summed E-state index contributed by atoms with van der Waals surface area (Å²) < 4.78 is 9.98. The second-order valence-corrected chi connectivity index (χ2v) is 4.53. The van der Waals surface area contributed by atoms with Crippen LogP contribution in [-0.2, 0) is 25.5 Å². The Labute approximate surface area is 119 Å². The fourth-order valence-electron chi connectivity index (χ4n) is 1.69. The summed E-state index contributed by atoms with van der Waals surface area (Å²) in [4.78, 5) is 22.1. The monoisotopic (exact) mass is 276 g/mol. The van der Waals surface area contributed by atoms with Crippen molar-refractivity contribution >= 4 is 18.0 Å². The van der Waals surface area contributed by atoms with Gasteiger partial charge in [-0.3, -0.25) is 9.59 Å². The van der Waals surface area contributed by atoms with Crippen molar-refractivity contribution in [1.29, 1.82) is 0 Å². The van der Waals surface area contributed by atoms with Gasteiger partial charge in [0, 0.05) is 19.4 Å². The average molecular weight is 276 g/mol. The van der Waals surface area contributed by atoms with Gasteiger partial charge in [0.2, 0.25) is 0 Å². The minimum atomic E-state index is -0.976. The number of rotatable bonds is 5. The van der Waals surface area contributed by atoms with Gasteiger partial charge in [-0.25, -0.2) is 0 Å². The zero-order chi connectivity index (χ0) is 15.1. The minimum Gasteiger partial charge on any atom is -0.421 e. The van der Waals surface area contributed by atoms with Crippen LogP contribution in [0.15, 0.2) is 29.8 Å². The van der Waals surface area contributed by atoms with Gasteiger partial charge < -0.3 is 9.47 Å². The summed E-state index contributed by atoms with van der Waals surface area (Å²) in [5, 5.41) is 0. The second-order valence-electron chi connectivity index (χ2n) is 4.53. The van der Waals surface area contributed by atoms with Crippen LogP contribution in [0.25, 0.3) is 6.08 Å². The zero-order valence-corrected chi connectivity index (χ0v) is 12.3. The SMILES string of the molecule is CCc1ccc(/C=C(\C)C(OC(C)=O)OC(C)=O)cc1. The Morgan fingerprint density at radius 1 is 1.05 bits per heavy atom. The zero-order valence-electron chi connectivity index (χ0n) is 12.3. The standard InChI is InChI=1S/C16H20O4/c1-5-14-6-8-15(9-7-14)10-11(2)16(19-12(3)17)20-13(4)18/h6-10,16H,5H2,1-4H3/b11-10+. The highest BCUT2D eigenvalue weighted by molar-refractivity contribution is 5.69. The Hall–Kier alpha value is -2.10. The van der Waals surface area contributed by atoms with Crippen molar-refractivity contribution in [3.05, 3.63) is 41.0 Å². The predicted molar refractivity (Wildman–Crippen MR) is 76.8 cm³/mol. The van der Waals surface area contributed by atoms with Crippen LogP contribution in [0.4, 0.5) is 0 Å². The summed E-state index contributed by atoms with van der Waals surface area (Å²) in [6.07, 6.45) is 1.83. The maximum Gasteiger partial charge on any atom is 0.305 e. The van der Waals surface area contributed by atoms with Gasteiger partial charge >= 0.3 is 11.9 Å². The number of hydrogen-bond donors (Lipinski definition) is 0. The lowest BCUT2D eigenvalue weighted by atomic mass is 10.1. The summed E-state index contributed by atoms with van der Waals surface area (Å²) >= 11 is 0. The lowest BCUT2D eigenvalue weighted by Crippen LogP contribution is -2.23. The summed E-state index contributed by atoms with van der Waals surface area (Å²) in [6, 6.07) is 8.01. The van der Waals surface area contributed by atoms with Crippen molar-refractivity contribution in [3.63, 3.8) is 0 Å². The third kappa shape index (κ3) is 5.26. The van der Waals surface area contributed by atoms with Crippen molar-refractivity contribution in [2.24, 2.45) is 0 Å². The van der Waals surface area contributed by atoms with Crippen LogP contribution in [0.2, 0.25) is 0 Å². The molecule has 0 radical (unpaired) electrons. The van der Waals surface area contributed by atoms with Crippen molar-refractivity contribution in [2.45, 2.75) is 40.4 Å². The average Bonchev–Trinajstić information content (AvgIpc) is 2.37. The maximum absolute atomic E-state index is 11.0. The first-order chi connectivity index (χ1) is 9.42. The summed E-state index contributed by atoms with van der Waals surface area (Å²) in [7, 11) is 0. The van der Waals surface area contributed by atoms with Gasteiger partial charge in [-0.1, -0.05) is 31.2 Å². The Bertz CT molecular complexity index is 484. The van der Waals surface area contributed by atoms with Crippen LogP contribution in [0.5, 0.6) is 0 Å². The number of ether oxygens (including phenoxy) is 2. The van der Waals surface area contributed by atoms with Crippen molar-refractivity contribution in [2.75, 3.05) is 0 Å². The van der Waals surface area contributed by atoms with Gasteiger partial charge in [0.1, 0.15) is 0 Å². The Kier molecular flexibility index (Phi) is 5.97. The molecule has 0 aromatic heterocycles. The van der Waals surface area contributed by atoms with Crippen molar-refractivity contribution < 1.29 is 19.1 Å². The number of hydrogen-bond acceptors (Lipinski definition) is 4. The first-order valence-corrected chi connectivity index (χ1v) is 6.54. The van der Waals surface area contributed by atoms with Gasteiger partial charge in [-0.2, -0.15) is 0 Å². The first kappa shape index (κ1) is 16.0. The molecule has 0 saturated carbocycles. The maximum atomic E-state index is 11.0. The van der Waals surface area contributed by atoms with E-state index >= 15 is 0 Å². The van der Waals surface area contributed by atoms with E-state index in [0.717, 1.165) is 12.0 Å². The fraction of sp³-hybridized carbons (Fsp3) is 0.375. The number of carbonyl (C=O) groups is 2. The molecule has 1 aromatic rings. The van der Waals surface area contributed by atoms with Gasteiger partial charge in [-0.15, -0.1) is 0 Å². The summed E-state index contributed by atoms with van der Waals surface area (Å²) in [6.45, 7) is 6.40. The number of benzene rings is 1. The van der Waals surface area contributed by atoms with E-state index in [0.29, 0.717) is 5.57 Å². The molecule has 1 aromatic carbocycles.